The second-order valence-corrected chi connectivity index (χ2v) is 10.4. The van der Waals surface area contributed by atoms with Crippen LogP contribution in [0.2, 0.25) is 0 Å². The van der Waals surface area contributed by atoms with E-state index in [1.165, 1.54) is 7.11 Å². The molecule has 3 aromatic rings. The zero-order valence-corrected chi connectivity index (χ0v) is 23.3. The molecule has 1 aliphatic rings. The van der Waals surface area contributed by atoms with Crippen molar-refractivity contribution in [2.24, 2.45) is 5.92 Å². The molecule has 0 aliphatic carbocycles. The molecule has 1 aliphatic heterocycles. The molecule has 4 rings (SSSR count). The molecule has 0 bridgehead atoms. The fraction of sp³-hybridized carbons (Fsp3) is 0.364. The lowest BCUT2D eigenvalue weighted by atomic mass is 9.91. The molecule has 1 fully saturated rings. The van der Waals surface area contributed by atoms with Crippen LogP contribution in [0.5, 0.6) is 5.75 Å². The summed E-state index contributed by atoms with van der Waals surface area (Å²) in [4.78, 5) is 40.2. The van der Waals surface area contributed by atoms with Gasteiger partial charge in [0.1, 0.15) is 18.4 Å². The fourth-order valence-corrected chi connectivity index (χ4v) is 5.06. The average Bonchev–Trinajstić information content (AvgIpc) is 3.00. The van der Waals surface area contributed by atoms with E-state index < -0.39 is 12.0 Å². The molecule has 0 spiro atoms. The molecule has 210 valence electrons. The molecule has 0 radical (unpaired) electrons. The van der Waals surface area contributed by atoms with Crippen LogP contribution in [0.15, 0.2) is 84.9 Å². The minimum Gasteiger partial charge on any atom is -0.489 e. The first-order valence-corrected chi connectivity index (χ1v) is 13.9. The summed E-state index contributed by atoms with van der Waals surface area (Å²) in [6.07, 6.45) is 2.15. The zero-order chi connectivity index (χ0) is 28.3. The second kappa shape index (κ2) is 14.3. The summed E-state index contributed by atoms with van der Waals surface area (Å²) in [6.45, 7) is 3.68. The molecule has 0 saturated carbocycles. The standard InChI is InChI=1S/C33H38N2O5/c1-24(28-11-7-4-8-12-28)32(37)35-19-17-26(18-20-35)22-31(36)34-30(33(38)39-2)21-25-13-15-29(16-14-25)40-23-27-9-5-3-6-10-27/h3-16,24,26,30H,17-23H2,1-2H3,(H,34,36)/t24-,30+/m1/s1. The van der Waals surface area contributed by atoms with Gasteiger partial charge in [-0.15, -0.1) is 0 Å². The highest BCUT2D eigenvalue weighted by atomic mass is 16.5. The van der Waals surface area contributed by atoms with Crippen LogP contribution in [0.25, 0.3) is 0 Å². The predicted octanol–water partition coefficient (Wildman–Crippen LogP) is 4.90. The quantitative estimate of drug-likeness (QED) is 0.349. The van der Waals surface area contributed by atoms with E-state index in [2.05, 4.69) is 5.32 Å². The monoisotopic (exact) mass is 542 g/mol. The number of piperidine rings is 1. The molecule has 3 aromatic carbocycles. The first-order valence-electron chi connectivity index (χ1n) is 13.9. The smallest absolute Gasteiger partial charge is 0.328 e. The van der Waals surface area contributed by atoms with Gasteiger partial charge < -0.3 is 19.7 Å². The highest BCUT2D eigenvalue weighted by molar-refractivity contribution is 5.85. The minimum atomic E-state index is -0.776. The number of nitrogens with one attached hydrogen (secondary N) is 1. The fourth-order valence-electron chi connectivity index (χ4n) is 5.06. The number of hydrogen-bond acceptors (Lipinski definition) is 5. The Morgan fingerprint density at radius 1 is 0.875 bits per heavy atom. The summed E-state index contributed by atoms with van der Waals surface area (Å²) in [6, 6.07) is 26.5. The van der Waals surface area contributed by atoms with Crippen molar-refractivity contribution in [1.29, 1.82) is 0 Å². The summed E-state index contributed by atoms with van der Waals surface area (Å²) >= 11 is 0. The minimum absolute atomic E-state index is 0.122. The van der Waals surface area contributed by atoms with Gasteiger partial charge in [0.05, 0.1) is 13.0 Å². The van der Waals surface area contributed by atoms with Crippen molar-refractivity contribution < 1.29 is 23.9 Å². The molecule has 7 nitrogen and oxygen atoms in total. The van der Waals surface area contributed by atoms with Crippen LogP contribution in [0, 0.1) is 5.92 Å². The third-order valence-electron chi connectivity index (χ3n) is 7.50. The van der Waals surface area contributed by atoms with Crippen LogP contribution >= 0.6 is 0 Å². The van der Waals surface area contributed by atoms with Gasteiger partial charge in [-0.3, -0.25) is 9.59 Å². The van der Waals surface area contributed by atoms with Crippen molar-refractivity contribution in [2.45, 2.75) is 51.2 Å². The van der Waals surface area contributed by atoms with E-state index in [-0.39, 0.29) is 23.7 Å². The van der Waals surface area contributed by atoms with Crippen molar-refractivity contribution in [2.75, 3.05) is 20.2 Å². The van der Waals surface area contributed by atoms with Gasteiger partial charge in [0.2, 0.25) is 11.8 Å². The molecular formula is C33H38N2O5. The van der Waals surface area contributed by atoms with Crippen molar-refractivity contribution in [3.8, 4) is 5.75 Å². The number of hydrogen-bond donors (Lipinski definition) is 1. The molecule has 1 heterocycles. The third-order valence-corrected chi connectivity index (χ3v) is 7.50. The Morgan fingerprint density at radius 3 is 2.12 bits per heavy atom. The van der Waals surface area contributed by atoms with Crippen LogP contribution < -0.4 is 10.1 Å². The third kappa shape index (κ3) is 8.18. The molecule has 1 N–H and O–H groups in total. The Morgan fingerprint density at radius 2 is 1.50 bits per heavy atom. The van der Waals surface area contributed by atoms with Gasteiger partial charge in [-0.05, 0) is 54.5 Å². The summed E-state index contributed by atoms with van der Waals surface area (Å²) in [5.41, 5.74) is 2.98. The maximum atomic E-state index is 13.0. The molecule has 40 heavy (non-hydrogen) atoms. The summed E-state index contributed by atoms with van der Waals surface area (Å²) in [7, 11) is 1.32. The number of likely N-dealkylation sites (tertiary alicyclic amines) is 1. The number of carbonyl (C=O) groups excluding carboxylic acids is 3. The van der Waals surface area contributed by atoms with E-state index >= 15 is 0 Å². The van der Waals surface area contributed by atoms with Crippen molar-refractivity contribution in [3.63, 3.8) is 0 Å². The number of ether oxygens (including phenoxy) is 2. The molecule has 0 aromatic heterocycles. The van der Waals surface area contributed by atoms with Crippen LogP contribution in [0.1, 0.15) is 48.8 Å². The summed E-state index contributed by atoms with van der Waals surface area (Å²) in [5, 5.41) is 2.87. The lowest BCUT2D eigenvalue weighted by Crippen LogP contribution is -2.45. The number of amides is 2. The van der Waals surface area contributed by atoms with Gasteiger partial charge in [0.25, 0.3) is 0 Å². The van der Waals surface area contributed by atoms with Crippen LogP contribution in [-0.2, 0) is 32.1 Å². The highest BCUT2D eigenvalue weighted by Gasteiger charge is 2.29. The Kier molecular flexibility index (Phi) is 10.3. The van der Waals surface area contributed by atoms with E-state index in [4.69, 9.17) is 9.47 Å². The van der Waals surface area contributed by atoms with E-state index in [0.29, 0.717) is 32.5 Å². The first-order chi connectivity index (χ1) is 19.4. The van der Waals surface area contributed by atoms with E-state index in [0.717, 1.165) is 35.3 Å². The Labute approximate surface area is 236 Å². The van der Waals surface area contributed by atoms with Gasteiger partial charge in [0, 0.05) is 25.9 Å². The van der Waals surface area contributed by atoms with Crippen molar-refractivity contribution >= 4 is 17.8 Å². The van der Waals surface area contributed by atoms with Gasteiger partial charge >= 0.3 is 5.97 Å². The molecule has 2 amide bonds. The van der Waals surface area contributed by atoms with Gasteiger partial charge in [-0.25, -0.2) is 4.79 Å². The van der Waals surface area contributed by atoms with Gasteiger partial charge in [0.15, 0.2) is 0 Å². The Bertz CT molecular complexity index is 1240. The average molecular weight is 543 g/mol. The van der Waals surface area contributed by atoms with Crippen LogP contribution in [0.3, 0.4) is 0 Å². The van der Waals surface area contributed by atoms with Crippen LogP contribution in [0.4, 0.5) is 0 Å². The molecule has 1 saturated heterocycles. The van der Waals surface area contributed by atoms with E-state index in [9.17, 15) is 14.4 Å². The lowest BCUT2D eigenvalue weighted by molar-refractivity contribution is -0.145. The highest BCUT2D eigenvalue weighted by Crippen LogP contribution is 2.25. The second-order valence-electron chi connectivity index (χ2n) is 10.4. The number of rotatable bonds is 11. The number of nitrogens with zero attached hydrogens (tertiary/aromatic N) is 1. The van der Waals surface area contributed by atoms with Gasteiger partial charge in [-0.1, -0.05) is 72.8 Å². The number of carbonyl (C=O) groups is 3. The Hall–Kier alpha value is -4.13. The topological polar surface area (TPSA) is 84.9 Å². The van der Waals surface area contributed by atoms with Crippen molar-refractivity contribution in [3.05, 3.63) is 102 Å². The number of methoxy groups -OCH3 is 1. The summed E-state index contributed by atoms with van der Waals surface area (Å²) < 4.78 is 10.8. The SMILES string of the molecule is COC(=O)[C@H](Cc1ccc(OCc2ccccc2)cc1)NC(=O)CC1CCN(C(=O)[C@H](C)c2ccccc2)CC1. The molecule has 7 heteroatoms. The van der Waals surface area contributed by atoms with E-state index in [1.54, 1.807) is 0 Å². The number of esters is 1. The summed E-state index contributed by atoms with van der Waals surface area (Å²) in [5.74, 6) is 0.168. The zero-order valence-electron chi connectivity index (χ0n) is 23.3. The first kappa shape index (κ1) is 28.9. The molecule has 2 atom stereocenters. The predicted molar refractivity (Wildman–Crippen MR) is 154 cm³/mol. The van der Waals surface area contributed by atoms with Crippen LogP contribution in [-0.4, -0.2) is 48.9 Å². The van der Waals surface area contributed by atoms with Gasteiger partial charge in [-0.2, -0.15) is 0 Å². The molecule has 0 unspecified atom stereocenters. The normalized spacial score (nSPS) is 15.1. The van der Waals surface area contributed by atoms with E-state index in [1.807, 2.05) is 96.8 Å². The van der Waals surface area contributed by atoms with Crippen molar-refractivity contribution in [1.82, 2.24) is 10.2 Å². The number of benzene rings is 3. The maximum absolute atomic E-state index is 13.0. The largest absolute Gasteiger partial charge is 0.489 e. The lowest BCUT2D eigenvalue weighted by Gasteiger charge is -2.33. The Balaban J connectivity index is 1.24. The molecular weight excluding hydrogens is 504 g/mol. The maximum Gasteiger partial charge on any atom is 0.328 e.